The lowest BCUT2D eigenvalue weighted by Gasteiger charge is -2.21. The molecule has 1 heterocycles. The van der Waals surface area contributed by atoms with Crippen LogP contribution in [0.4, 0.5) is 5.95 Å². The molecule has 0 spiro atoms. The third-order valence-electron chi connectivity index (χ3n) is 1.92. The minimum Gasteiger partial charge on any atom is -0.481 e. The van der Waals surface area contributed by atoms with Crippen LogP contribution in [0.25, 0.3) is 0 Å². The van der Waals surface area contributed by atoms with Gasteiger partial charge in [-0.2, -0.15) is 4.98 Å². The summed E-state index contributed by atoms with van der Waals surface area (Å²) in [7, 11) is 3.56. The Morgan fingerprint density at radius 1 is 1.46 bits per heavy atom. The highest BCUT2D eigenvalue weighted by molar-refractivity contribution is 5.31. The summed E-state index contributed by atoms with van der Waals surface area (Å²) in [6.07, 6.45) is 1.69. The average molecular weight is 181 g/mol. The van der Waals surface area contributed by atoms with E-state index in [2.05, 4.69) is 23.8 Å². The van der Waals surface area contributed by atoms with Crippen LogP contribution < -0.4 is 9.64 Å². The molecule has 0 atom stereocenters. The Morgan fingerprint density at radius 2 is 2.15 bits per heavy atom. The monoisotopic (exact) mass is 181 g/mol. The van der Waals surface area contributed by atoms with Gasteiger partial charge in [0.15, 0.2) is 0 Å². The number of hydrogen-bond donors (Lipinski definition) is 0. The van der Waals surface area contributed by atoms with Gasteiger partial charge >= 0.3 is 0 Å². The minimum absolute atomic E-state index is 0.382. The van der Waals surface area contributed by atoms with Gasteiger partial charge in [-0.3, -0.25) is 0 Å². The molecular formula is C9H15N3O. The van der Waals surface area contributed by atoms with Gasteiger partial charge in [0.1, 0.15) is 0 Å². The van der Waals surface area contributed by atoms with Crippen LogP contribution in [0.2, 0.25) is 0 Å². The summed E-state index contributed by atoms with van der Waals surface area (Å²) in [5, 5.41) is 0. The third kappa shape index (κ3) is 2.31. The van der Waals surface area contributed by atoms with E-state index in [-0.39, 0.29) is 0 Å². The molecule has 1 aromatic rings. The lowest BCUT2D eigenvalue weighted by Crippen LogP contribution is -2.27. The van der Waals surface area contributed by atoms with Gasteiger partial charge in [0.25, 0.3) is 0 Å². The van der Waals surface area contributed by atoms with Gasteiger partial charge in [-0.15, -0.1) is 0 Å². The van der Waals surface area contributed by atoms with Gasteiger partial charge in [-0.25, -0.2) is 4.98 Å². The molecule has 1 aromatic heterocycles. The lowest BCUT2D eigenvalue weighted by atomic mass is 10.4. The van der Waals surface area contributed by atoms with Crippen molar-refractivity contribution < 1.29 is 4.74 Å². The zero-order valence-electron chi connectivity index (χ0n) is 8.48. The SMILES string of the molecule is COc1ccnc(N(C)C(C)C)n1. The van der Waals surface area contributed by atoms with Crippen molar-refractivity contribution in [1.29, 1.82) is 0 Å². The van der Waals surface area contributed by atoms with Crippen molar-refractivity contribution in [3.05, 3.63) is 12.3 Å². The molecular weight excluding hydrogens is 166 g/mol. The number of methoxy groups -OCH3 is 1. The Balaban J connectivity index is 2.88. The molecule has 0 radical (unpaired) electrons. The normalized spacial score (nSPS) is 10.2. The molecule has 72 valence electrons. The van der Waals surface area contributed by atoms with Crippen LogP contribution in [0.5, 0.6) is 5.88 Å². The predicted molar refractivity (Wildman–Crippen MR) is 52.1 cm³/mol. The second kappa shape index (κ2) is 4.07. The first-order valence-electron chi connectivity index (χ1n) is 4.25. The van der Waals surface area contributed by atoms with Crippen molar-refractivity contribution in [3.8, 4) is 5.88 Å². The second-order valence-electron chi connectivity index (χ2n) is 3.10. The van der Waals surface area contributed by atoms with Crippen molar-refractivity contribution in [2.75, 3.05) is 19.1 Å². The summed E-state index contributed by atoms with van der Waals surface area (Å²) in [4.78, 5) is 10.3. The van der Waals surface area contributed by atoms with Crippen LogP contribution in [-0.4, -0.2) is 30.2 Å². The number of hydrogen-bond acceptors (Lipinski definition) is 4. The summed E-state index contributed by atoms with van der Waals surface area (Å²) >= 11 is 0. The molecule has 0 amide bonds. The van der Waals surface area contributed by atoms with Crippen molar-refractivity contribution in [2.45, 2.75) is 19.9 Å². The van der Waals surface area contributed by atoms with Crippen molar-refractivity contribution in [2.24, 2.45) is 0 Å². The molecule has 0 unspecified atom stereocenters. The highest BCUT2D eigenvalue weighted by Gasteiger charge is 2.07. The highest BCUT2D eigenvalue weighted by Crippen LogP contribution is 2.12. The van der Waals surface area contributed by atoms with Crippen LogP contribution in [0.3, 0.4) is 0 Å². The van der Waals surface area contributed by atoms with Gasteiger partial charge in [0.2, 0.25) is 11.8 Å². The summed E-state index contributed by atoms with van der Waals surface area (Å²) in [5.41, 5.74) is 0. The Kier molecular flexibility index (Phi) is 3.06. The first-order chi connectivity index (χ1) is 6.15. The number of ether oxygens (including phenoxy) is 1. The molecule has 0 bridgehead atoms. The number of anilines is 1. The number of nitrogens with zero attached hydrogens (tertiary/aromatic N) is 3. The molecule has 0 aromatic carbocycles. The van der Waals surface area contributed by atoms with Gasteiger partial charge in [0, 0.05) is 25.4 Å². The Bertz CT molecular complexity index is 275. The summed E-state index contributed by atoms with van der Waals surface area (Å²) in [6.45, 7) is 4.17. The first kappa shape index (κ1) is 9.77. The zero-order chi connectivity index (χ0) is 9.84. The van der Waals surface area contributed by atoms with Gasteiger partial charge in [0.05, 0.1) is 7.11 Å². The van der Waals surface area contributed by atoms with E-state index < -0.39 is 0 Å². The van der Waals surface area contributed by atoms with E-state index >= 15 is 0 Å². The fourth-order valence-corrected chi connectivity index (χ4v) is 0.847. The van der Waals surface area contributed by atoms with Gasteiger partial charge < -0.3 is 9.64 Å². The maximum Gasteiger partial charge on any atom is 0.228 e. The maximum absolute atomic E-state index is 5.01. The maximum atomic E-state index is 5.01. The molecule has 0 saturated heterocycles. The lowest BCUT2D eigenvalue weighted by molar-refractivity contribution is 0.396. The average Bonchev–Trinajstić information content (AvgIpc) is 2.16. The van der Waals surface area contributed by atoms with E-state index in [1.54, 1.807) is 19.4 Å². The molecule has 4 nitrogen and oxygen atoms in total. The van der Waals surface area contributed by atoms with Crippen molar-refractivity contribution >= 4 is 5.95 Å². The Hall–Kier alpha value is -1.32. The molecule has 1 rings (SSSR count). The topological polar surface area (TPSA) is 38.2 Å². The van der Waals surface area contributed by atoms with Crippen LogP contribution in [-0.2, 0) is 0 Å². The van der Waals surface area contributed by atoms with E-state index in [4.69, 9.17) is 4.74 Å². The number of rotatable bonds is 3. The fourth-order valence-electron chi connectivity index (χ4n) is 0.847. The van der Waals surface area contributed by atoms with Gasteiger partial charge in [-0.1, -0.05) is 0 Å². The molecule has 0 saturated carbocycles. The first-order valence-corrected chi connectivity index (χ1v) is 4.25. The number of aromatic nitrogens is 2. The standard InChI is InChI=1S/C9H15N3O/c1-7(2)12(3)9-10-6-5-8(11-9)13-4/h5-7H,1-4H3. The smallest absolute Gasteiger partial charge is 0.228 e. The van der Waals surface area contributed by atoms with E-state index in [1.807, 2.05) is 11.9 Å². The molecule has 0 N–H and O–H groups in total. The fraction of sp³-hybridized carbons (Fsp3) is 0.556. The van der Waals surface area contributed by atoms with E-state index in [0.717, 1.165) is 0 Å². The zero-order valence-corrected chi connectivity index (χ0v) is 8.48. The molecule has 0 aliphatic rings. The van der Waals surface area contributed by atoms with E-state index in [0.29, 0.717) is 17.9 Å². The molecule has 4 heteroatoms. The molecule has 0 fully saturated rings. The summed E-state index contributed by atoms with van der Waals surface area (Å²) in [6, 6.07) is 2.12. The summed E-state index contributed by atoms with van der Waals surface area (Å²) < 4.78 is 5.01. The third-order valence-corrected chi connectivity index (χ3v) is 1.92. The summed E-state index contributed by atoms with van der Waals surface area (Å²) in [5.74, 6) is 1.28. The van der Waals surface area contributed by atoms with Crippen molar-refractivity contribution in [3.63, 3.8) is 0 Å². The van der Waals surface area contributed by atoms with Gasteiger partial charge in [-0.05, 0) is 13.8 Å². The molecule has 0 aliphatic heterocycles. The predicted octanol–water partition coefficient (Wildman–Crippen LogP) is 1.33. The second-order valence-corrected chi connectivity index (χ2v) is 3.10. The van der Waals surface area contributed by atoms with E-state index in [1.165, 1.54) is 0 Å². The minimum atomic E-state index is 0.382. The van der Waals surface area contributed by atoms with Crippen LogP contribution >= 0.6 is 0 Å². The van der Waals surface area contributed by atoms with Crippen LogP contribution in [0.15, 0.2) is 12.3 Å². The largest absolute Gasteiger partial charge is 0.481 e. The van der Waals surface area contributed by atoms with Crippen molar-refractivity contribution in [1.82, 2.24) is 9.97 Å². The molecule has 13 heavy (non-hydrogen) atoms. The quantitative estimate of drug-likeness (QED) is 0.705. The van der Waals surface area contributed by atoms with Crippen LogP contribution in [0, 0.1) is 0 Å². The Labute approximate surface area is 78.6 Å². The van der Waals surface area contributed by atoms with E-state index in [9.17, 15) is 0 Å². The molecule has 0 aliphatic carbocycles. The highest BCUT2D eigenvalue weighted by atomic mass is 16.5. The Morgan fingerprint density at radius 3 is 2.69 bits per heavy atom. The van der Waals surface area contributed by atoms with Crippen LogP contribution in [0.1, 0.15) is 13.8 Å².